The second-order valence-corrected chi connectivity index (χ2v) is 37.2. The molecule has 18 rings (SSSR count). The van der Waals surface area contributed by atoms with E-state index in [9.17, 15) is 69.4 Å². The van der Waals surface area contributed by atoms with Gasteiger partial charge in [0.25, 0.3) is 0 Å². The van der Waals surface area contributed by atoms with Crippen LogP contribution in [0, 0.1) is 0 Å². The van der Waals surface area contributed by atoms with Crippen molar-refractivity contribution in [3.8, 4) is 85.0 Å². The van der Waals surface area contributed by atoms with E-state index < -0.39 is 87.8 Å². The molecule has 18 aromatic rings. The first-order valence-electron chi connectivity index (χ1n) is 38.3. The van der Waals surface area contributed by atoms with Gasteiger partial charge in [-0.2, -0.15) is 16.8 Å². The summed E-state index contributed by atoms with van der Waals surface area (Å²) in [6.07, 6.45) is 4.65. The minimum Gasteiger partial charge on any atom is -0.506 e. The quantitative estimate of drug-likeness (QED) is 0.0219. The maximum absolute atomic E-state index is 13.0. The molecule has 8 aromatic carbocycles. The van der Waals surface area contributed by atoms with Crippen molar-refractivity contribution in [2.45, 2.75) is 40.0 Å². The summed E-state index contributed by atoms with van der Waals surface area (Å²) in [5.74, 6) is -3.58. The number of esters is 8. The summed E-state index contributed by atoms with van der Waals surface area (Å²) < 4.78 is 124. The first-order chi connectivity index (χ1) is 61.8. The molecule has 0 unspecified atom stereocenters. The number of pyridine rings is 2. The number of carbonyl (C=O) groups excluding carboxylic acids is 8. The third kappa shape index (κ3) is 20.5. The second kappa shape index (κ2) is 39.7. The van der Waals surface area contributed by atoms with Crippen molar-refractivity contribution in [1.29, 1.82) is 0 Å². The van der Waals surface area contributed by atoms with Crippen LogP contribution in [-0.4, -0.2) is 109 Å². The van der Waals surface area contributed by atoms with Crippen molar-refractivity contribution in [1.82, 2.24) is 9.97 Å². The Hall–Kier alpha value is -13.3. The zero-order valence-corrected chi connectivity index (χ0v) is 74.8. The normalized spacial score (nSPS) is 11.3. The Balaban J connectivity index is 0.000000132. The molecular weight excluding hydrogens is 1840 g/mol. The fourth-order valence-corrected chi connectivity index (χ4v) is 23.4. The summed E-state index contributed by atoms with van der Waals surface area (Å²) >= 11 is 10.8. The smallest absolute Gasteiger partial charge is 0.446 e. The highest BCUT2D eigenvalue weighted by molar-refractivity contribution is 7.81. The minimum atomic E-state index is -4.84. The number of rotatable bonds is 24. The maximum atomic E-state index is 13.0. The van der Waals surface area contributed by atoms with Crippen molar-refractivity contribution in [2.24, 2.45) is 0 Å². The van der Waals surface area contributed by atoms with Crippen LogP contribution in [0.5, 0.6) is 46.0 Å². The van der Waals surface area contributed by atoms with E-state index in [1.54, 1.807) is 118 Å². The molecular formula is C91H64N2O25S10. The van der Waals surface area contributed by atoms with E-state index in [2.05, 4.69) is 9.97 Å². The predicted molar refractivity (Wildman–Crippen MR) is 496 cm³/mol. The van der Waals surface area contributed by atoms with E-state index in [4.69, 9.17) is 46.3 Å². The van der Waals surface area contributed by atoms with Gasteiger partial charge in [0.1, 0.15) is 25.0 Å². The molecule has 37 heteroatoms. The molecule has 0 bridgehead atoms. The molecule has 648 valence electrons. The van der Waals surface area contributed by atoms with Gasteiger partial charge in [-0.3, -0.25) is 47.8 Å². The van der Waals surface area contributed by atoms with Crippen LogP contribution in [0.25, 0.3) is 120 Å². The number of thiophene rings is 8. The molecule has 3 N–H and O–H groups in total. The lowest BCUT2D eigenvalue weighted by atomic mass is 10.2. The number of benzene rings is 8. The summed E-state index contributed by atoms with van der Waals surface area (Å²) in [6.45, 7) is 5.49. The summed E-state index contributed by atoms with van der Waals surface area (Å²) in [5.41, 5.74) is 0.791. The lowest BCUT2D eigenvalue weighted by Gasteiger charge is -2.09. The largest absolute Gasteiger partial charge is 0.506 e. The number of hydrogen-bond acceptors (Lipinski definition) is 33. The highest BCUT2D eigenvalue weighted by atomic mass is 32.3. The van der Waals surface area contributed by atoms with Gasteiger partial charge in [0.05, 0.1) is 70.0 Å². The zero-order chi connectivity index (χ0) is 89.9. The van der Waals surface area contributed by atoms with Crippen LogP contribution < -0.4 is 32.1 Å². The monoisotopic (exact) mass is 1900 g/mol. The molecule has 27 nitrogen and oxygen atoms in total. The second-order valence-electron chi connectivity index (χ2n) is 26.7. The van der Waals surface area contributed by atoms with Gasteiger partial charge in [0, 0.05) is 105 Å². The predicted octanol–water partition coefficient (Wildman–Crippen LogP) is 22.0. The Morgan fingerprint density at radius 1 is 0.273 bits per heavy atom. The molecule has 0 aliphatic rings. The number of fused-ring (bicyclic) bond motifs is 8. The van der Waals surface area contributed by atoms with E-state index in [0.717, 1.165) is 82.2 Å². The molecule has 10 aromatic heterocycles. The minimum absolute atomic E-state index is 0.154. The summed E-state index contributed by atoms with van der Waals surface area (Å²) in [6, 6.07) is 65.2. The summed E-state index contributed by atoms with van der Waals surface area (Å²) in [5, 5.41) is 16.1. The lowest BCUT2D eigenvalue weighted by molar-refractivity contribution is -0.151. The topological polar surface area (TPSA) is 384 Å². The molecule has 0 saturated carbocycles. The fourth-order valence-electron chi connectivity index (χ4n) is 13.0. The molecule has 0 aliphatic carbocycles. The Bertz CT molecular complexity index is 7200. The van der Waals surface area contributed by atoms with Crippen LogP contribution in [0.3, 0.4) is 0 Å². The molecule has 0 fully saturated rings. The van der Waals surface area contributed by atoms with E-state index in [-0.39, 0.29) is 58.3 Å². The van der Waals surface area contributed by atoms with Gasteiger partial charge in [-0.1, -0.05) is 97.1 Å². The van der Waals surface area contributed by atoms with E-state index in [1.807, 2.05) is 146 Å². The van der Waals surface area contributed by atoms with Crippen molar-refractivity contribution < 1.29 is 116 Å². The molecule has 128 heavy (non-hydrogen) atoms. The van der Waals surface area contributed by atoms with E-state index in [1.165, 1.54) is 68.0 Å². The van der Waals surface area contributed by atoms with Crippen LogP contribution in [-0.2, 0) is 63.8 Å². The van der Waals surface area contributed by atoms with Crippen molar-refractivity contribution in [3.05, 3.63) is 254 Å². The Morgan fingerprint density at radius 2 is 0.477 bits per heavy atom. The van der Waals surface area contributed by atoms with Gasteiger partial charge in [0.2, 0.25) is 0 Å². The van der Waals surface area contributed by atoms with Crippen LogP contribution in [0.2, 0.25) is 0 Å². The molecule has 0 amide bonds. The third-order valence-corrected chi connectivity index (χ3v) is 28.9. The van der Waals surface area contributed by atoms with Gasteiger partial charge in [-0.05, 0) is 142 Å². The van der Waals surface area contributed by atoms with Crippen molar-refractivity contribution in [2.75, 3.05) is 19.8 Å². The SMILES string of the molecule is CCOC(=O)CC(=O)Oc1c(-c2sc3ccccc3c2O)sc2ccccc12.CCOC(=O)CC(=O)Oc1c(-c2sc3ccccc3c2OC(=O)CC(=O)OCC)sc2ccccc12.O=C(Oc1c(-c2sc3ccccc3c2OC(=O)c2ccncc2)sc2ccccc12)c1ccncc1.O=S(=O)(O)Oc1c(-c2sc3ccccc3c2OS(=O)(=O)O)sc2ccccc12. The number of aromatic hydroxyl groups is 1. The van der Waals surface area contributed by atoms with E-state index >= 15 is 0 Å². The molecule has 0 spiro atoms. The van der Waals surface area contributed by atoms with Gasteiger partial charge >= 0.3 is 68.6 Å². The Kier molecular flexibility index (Phi) is 27.8. The fraction of sp³-hybridized carbons (Fsp3) is 0.0989. The number of aromatic nitrogens is 2. The molecule has 0 radical (unpaired) electrons. The highest BCUT2D eigenvalue weighted by Gasteiger charge is 2.33. The van der Waals surface area contributed by atoms with Gasteiger partial charge in [0.15, 0.2) is 40.2 Å². The first kappa shape index (κ1) is 89.5. The Labute approximate surface area is 758 Å². The summed E-state index contributed by atoms with van der Waals surface area (Å²) in [4.78, 5) is 111. The van der Waals surface area contributed by atoms with Gasteiger partial charge < -0.3 is 51.4 Å². The highest BCUT2D eigenvalue weighted by Crippen LogP contribution is 2.58. The molecule has 10 heterocycles. The molecule has 0 atom stereocenters. The number of carbonyl (C=O) groups is 8. The molecule has 0 saturated heterocycles. The standard InChI is InChI=1S/C28H16N2O4S2.C26H22O8S2.C21H16O5S2.C16H10O8S4/c31-27(17-9-13-29-14-10-17)33-23-19-5-1-3-7-21(19)35-25(23)26-24(20-6-2-4-8-22(20)36-26)34-28(32)18-11-15-30-16-12-18;1-3-31-19(27)13-21(29)33-23-15-9-5-7-11-17(15)35-25(23)26-24(16-10-6-8-12-18(16)36-26)34-22(30)14-20(28)32-4-2;1-2-25-16(22)11-17(23)26-19-13-8-4-6-10-15(13)28-21(19)20-18(24)12-7-3-5-9-14(12)27-20;17-27(18,19)23-13-9-5-1-3-7-11(9)25-15(13)16-14(24-28(20,21)22)10-6-2-4-8-12(10)26-16/h1-16H;5-12H,3-4,13-14H2,1-2H3;3-10,24H,2,11H2,1H3;1-8H,(H,17,18,19)(H,20,21,22). The van der Waals surface area contributed by atoms with E-state index in [0.29, 0.717) is 78.8 Å². The maximum Gasteiger partial charge on any atom is 0.446 e. The average Bonchev–Trinajstić information content (AvgIpc) is 1.60. The van der Waals surface area contributed by atoms with Crippen LogP contribution in [0.15, 0.2) is 243 Å². The third-order valence-electron chi connectivity index (χ3n) is 18.3. The van der Waals surface area contributed by atoms with Crippen molar-refractivity contribution in [3.63, 3.8) is 0 Å². The average molecular weight is 1910 g/mol. The number of hydrogen-bond donors (Lipinski definition) is 3. The Morgan fingerprint density at radius 3 is 0.719 bits per heavy atom. The van der Waals surface area contributed by atoms with Crippen LogP contribution in [0.1, 0.15) is 60.7 Å². The lowest BCUT2D eigenvalue weighted by Crippen LogP contribution is -2.16. The van der Waals surface area contributed by atoms with Crippen molar-refractivity contribution >= 4 is 240 Å². The summed E-state index contributed by atoms with van der Waals surface area (Å²) in [7, 11) is -9.69. The first-order valence-corrected chi connectivity index (χ1v) is 47.6. The van der Waals surface area contributed by atoms with Crippen LogP contribution >= 0.6 is 90.7 Å². The van der Waals surface area contributed by atoms with Crippen LogP contribution in [0.4, 0.5) is 0 Å². The number of ether oxygens (including phenoxy) is 8. The van der Waals surface area contributed by atoms with Gasteiger partial charge in [-0.25, -0.2) is 9.59 Å². The van der Waals surface area contributed by atoms with Gasteiger partial charge in [-0.15, -0.1) is 90.7 Å². The number of nitrogens with zero attached hydrogens (tertiary/aromatic N) is 2. The molecule has 0 aliphatic heterocycles. The zero-order valence-electron chi connectivity index (χ0n) is 66.6.